The lowest BCUT2D eigenvalue weighted by Crippen LogP contribution is -2.33. The largest absolute Gasteiger partial charge is 0.494 e. The minimum Gasteiger partial charge on any atom is -0.494 e. The average molecular weight is 537 g/mol. The predicted molar refractivity (Wildman–Crippen MR) is 150 cm³/mol. The van der Waals surface area contributed by atoms with E-state index in [1.807, 2.05) is 47.9 Å². The van der Waals surface area contributed by atoms with E-state index in [1.165, 1.54) is 24.1 Å². The van der Waals surface area contributed by atoms with Gasteiger partial charge in [-0.2, -0.15) is 4.40 Å². The quantitative estimate of drug-likeness (QED) is 0.217. The molecule has 0 saturated carbocycles. The molecular weight excluding hydrogens is 507 g/mol. The third-order valence-electron chi connectivity index (χ3n) is 5.48. The van der Waals surface area contributed by atoms with Crippen molar-refractivity contribution < 1.29 is 18.6 Å². The Morgan fingerprint density at radius 2 is 1.87 bits per heavy atom. The predicted octanol–water partition coefficient (Wildman–Crippen LogP) is 2.74. The Hall–Kier alpha value is -4.38. The van der Waals surface area contributed by atoms with Crippen LogP contribution >= 0.6 is 11.9 Å². The van der Waals surface area contributed by atoms with Gasteiger partial charge in [0, 0.05) is 11.8 Å². The monoisotopic (exact) mass is 536 g/mol. The number of anilines is 1. The number of nitrogens with one attached hydrogen (secondary N) is 1. The van der Waals surface area contributed by atoms with Crippen LogP contribution < -0.4 is 37.1 Å². The molecular formula is C27H29FN6O3S. The second-order valence-electron chi connectivity index (χ2n) is 7.97. The highest BCUT2D eigenvalue weighted by molar-refractivity contribution is 7.97. The fourth-order valence-electron chi connectivity index (χ4n) is 3.79. The maximum atomic E-state index is 13.2. The Kier molecular flexibility index (Phi) is 8.59. The molecule has 0 amide bonds. The number of nitrogens with two attached hydrogens (primary N) is 2. The van der Waals surface area contributed by atoms with Gasteiger partial charge in [0.2, 0.25) is 0 Å². The number of benzene rings is 2. The highest BCUT2D eigenvalue weighted by Gasteiger charge is 2.19. The van der Waals surface area contributed by atoms with Crippen molar-refractivity contribution in [1.82, 2.24) is 14.9 Å². The van der Waals surface area contributed by atoms with E-state index in [9.17, 15) is 4.39 Å². The standard InChI is InChI=1S/C27H29FN6O3S/c1-4-37-24-10-5-7-19(31-24)27-32-26(30)20(34(27)25-21(35-2)8-6-9-22(25)36-3)15-23(29)33-38-16-17-11-13-18(28)14-12-17/h5-15,31H,4,16H2,1-3H3,(H2,29,33)(H2,30,32). The third kappa shape index (κ3) is 5.94. The first kappa shape index (κ1) is 26.7. The van der Waals surface area contributed by atoms with E-state index >= 15 is 0 Å². The first-order valence-electron chi connectivity index (χ1n) is 11.7. The highest BCUT2D eigenvalue weighted by atomic mass is 32.2. The smallest absolute Gasteiger partial charge is 0.191 e. The molecule has 2 aromatic carbocycles. The van der Waals surface area contributed by atoms with Gasteiger partial charge in [-0.15, -0.1) is 0 Å². The van der Waals surface area contributed by atoms with E-state index in [4.69, 9.17) is 25.7 Å². The summed E-state index contributed by atoms with van der Waals surface area (Å²) in [5, 5.41) is 3.74. The lowest BCUT2D eigenvalue weighted by atomic mass is 10.2. The number of imidazole rings is 1. The molecule has 0 aliphatic carbocycles. The van der Waals surface area contributed by atoms with Crippen LogP contribution in [-0.2, 0) is 10.5 Å². The molecule has 38 heavy (non-hydrogen) atoms. The van der Waals surface area contributed by atoms with Crippen LogP contribution in [0, 0.1) is 5.82 Å². The van der Waals surface area contributed by atoms with Gasteiger partial charge in [-0.1, -0.05) is 24.3 Å². The number of rotatable bonds is 9. The van der Waals surface area contributed by atoms with Gasteiger partial charge in [0.25, 0.3) is 0 Å². The normalized spacial score (nSPS) is 15.2. The summed E-state index contributed by atoms with van der Waals surface area (Å²) in [6.07, 6.45) is 7.18. The number of nitrogens with zero attached hydrogens (tertiary/aromatic N) is 3. The zero-order chi connectivity index (χ0) is 27.1. The molecule has 0 saturated heterocycles. The van der Waals surface area contributed by atoms with Crippen molar-refractivity contribution in [3.05, 3.63) is 88.8 Å². The summed E-state index contributed by atoms with van der Waals surface area (Å²) in [4.78, 5) is 4.66. The van der Waals surface area contributed by atoms with Crippen LogP contribution in [0.4, 0.5) is 10.2 Å². The second-order valence-corrected chi connectivity index (χ2v) is 8.70. The molecule has 198 valence electrons. The van der Waals surface area contributed by atoms with Crippen LogP contribution in [-0.4, -0.2) is 36.2 Å². The lowest BCUT2D eigenvalue weighted by Gasteiger charge is -2.17. The van der Waals surface area contributed by atoms with Crippen molar-refractivity contribution in [2.75, 3.05) is 26.6 Å². The molecule has 1 aliphatic rings. The van der Waals surface area contributed by atoms with E-state index in [0.29, 0.717) is 52.0 Å². The molecule has 0 atom stereocenters. The number of aromatic nitrogens is 2. The number of para-hydroxylation sites is 1. The number of hydrogen-bond donors (Lipinski definition) is 3. The molecule has 9 nitrogen and oxygen atoms in total. The van der Waals surface area contributed by atoms with Crippen LogP contribution in [0.3, 0.4) is 0 Å². The third-order valence-corrected chi connectivity index (χ3v) is 6.28. The Balaban J connectivity index is 1.86. The van der Waals surface area contributed by atoms with Crippen molar-refractivity contribution in [1.29, 1.82) is 0 Å². The molecule has 5 N–H and O–H groups in total. The number of amidine groups is 1. The van der Waals surface area contributed by atoms with Gasteiger partial charge in [-0.3, -0.25) is 4.57 Å². The summed E-state index contributed by atoms with van der Waals surface area (Å²) in [7, 11) is 3.15. The maximum Gasteiger partial charge on any atom is 0.191 e. The molecule has 0 fully saturated rings. The van der Waals surface area contributed by atoms with Gasteiger partial charge >= 0.3 is 0 Å². The molecule has 2 heterocycles. The van der Waals surface area contributed by atoms with Gasteiger partial charge < -0.3 is 31.0 Å². The molecule has 0 unspecified atom stereocenters. The summed E-state index contributed by atoms with van der Waals surface area (Å²) >= 11 is 1.24. The zero-order valence-electron chi connectivity index (χ0n) is 21.3. The molecule has 1 aliphatic heterocycles. The number of halogens is 1. The summed E-state index contributed by atoms with van der Waals surface area (Å²) < 4.78 is 36.4. The van der Waals surface area contributed by atoms with Crippen molar-refractivity contribution in [3.63, 3.8) is 0 Å². The van der Waals surface area contributed by atoms with Gasteiger partial charge in [-0.05, 0) is 60.9 Å². The van der Waals surface area contributed by atoms with Crippen molar-refractivity contribution in [2.45, 2.75) is 12.7 Å². The number of nitrogen functional groups attached to an aromatic ring is 1. The van der Waals surface area contributed by atoms with Crippen LogP contribution in [0.5, 0.6) is 11.5 Å². The average Bonchev–Trinajstić information content (AvgIpc) is 3.24. The molecule has 0 bridgehead atoms. The number of ether oxygens (including phenoxy) is 3. The first-order chi connectivity index (χ1) is 18.4. The van der Waals surface area contributed by atoms with E-state index in [2.05, 4.69) is 14.7 Å². The van der Waals surface area contributed by atoms with Crippen LogP contribution in [0.2, 0.25) is 0 Å². The van der Waals surface area contributed by atoms with Gasteiger partial charge in [-0.25, -0.2) is 9.37 Å². The zero-order valence-corrected chi connectivity index (χ0v) is 22.1. The van der Waals surface area contributed by atoms with Crippen LogP contribution in [0.1, 0.15) is 12.5 Å². The van der Waals surface area contributed by atoms with Crippen molar-refractivity contribution >= 4 is 35.4 Å². The second kappa shape index (κ2) is 12.2. The van der Waals surface area contributed by atoms with Crippen molar-refractivity contribution in [2.24, 2.45) is 10.1 Å². The summed E-state index contributed by atoms with van der Waals surface area (Å²) in [6, 6.07) is 11.7. The molecule has 1 aromatic heterocycles. The lowest BCUT2D eigenvalue weighted by molar-refractivity contribution is 0.215. The van der Waals surface area contributed by atoms with Gasteiger partial charge in [0.05, 0.1) is 31.9 Å². The molecule has 4 rings (SSSR count). The molecule has 3 aromatic rings. The first-order valence-corrected chi connectivity index (χ1v) is 12.7. The maximum absolute atomic E-state index is 13.2. The highest BCUT2D eigenvalue weighted by Crippen LogP contribution is 2.31. The van der Waals surface area contributed by atoms with Crippen molar-refractivity contribution in [3.8, 4) is 17.2 Å². The Bertz CT molecular complexity index is 1490. The van der Waals surface area contributed by atoms with Gasteiger partial charge in [0.15, 0.2) is 17.2 Å². The number of dihydropyridines is 1. The number of methoxy groups -OCH3 is 2. The van der Waals surface area contributed by atoms with Crippen LogP contribution in [0.25, 0.3) is 17.5 Å². The summed E-state index contributed by atoms with van der Waals surface area (Å²) in [6.45, 7) is 2.40. The minimum absolute atomic E-state index is 0.220. The number of hydrogen-bond acceptors (Lipinski definition) is 8. The molecule has 0 radical (unpaired) electrons. The minimum atomic E-state index is -0.287. The Morgan fingerprint density at radius 3 is 2.53 bits per heavy atom. The topological polar surface area (TPSA) is 122 Å². The van der Waals surface area contributed by atoms with E-state index < -0.39 is 0 Å². The molecule has 11 heteroatoms. The van der Waals surface area contributed by atoms with Gasteiger partial charge in [0.1, 0.15) is 28.8 Å². The van der Waals surface area contributed by atoms with Crippen LogP contribution in [0.15, 0.2) is 71.0 Å². The van der Waals surface area contributed by atoms with E-state index in [-0.39, 0.29) is 17.5 Å². The molecule has 0 spiro atoms. The Labute approximate surface area is 224 Å². The fourth-order valence-corrected chi connectivity index (χ4v) is 4.40. The Morgan fingerprint density at radius 1 is 1.16 bits per heavy atom. The SMILES string of the molecule is CCOC1=CC=CC(=c2nc(N)c(=CC(N)=NSCc3ccc(F)cc3)n2-c2c(OC)cccc2OC)N1. The van der Waals surface area contributed by atoms with E-state index in [1.54, 1.807) is 32.4 Å². The van der Waals surface area contributed by atoms with E-state index in [0.717, 1.165) is 5.56 Å². The fraction of sp³-hybridized carbons (Fsp3) is 0.185. The summed E-state index contributed by atoms with van der Waals surface area (Å²) in [5.41, 5.74) is 15.4. The summed E-state index contributed by atoms with van der Waals surface area (Å²) in [5.74, 6) is 2.34. The number of allylic oxidation sites excluding steroid dienone is 2.